The summed E-state index contributed by atoms with van der Waals surface area (Å²) >= 11 is 7.49. The van der Waals surface area contributed by atoms with Gasteiger partial charge >= 0.3 is 0 Å². The molecule has 5 rings (SSSR count). The number of fused-ring (bicyclic) bond motifs is 2. The second kappa shape index (κ2) is 8.53. The second-order valence-electron chi connectivity index (χ2n) is 7.85. The largest absolute Gasteiger partial charge is 0.467 e. The maximum atomic E-state index is 13.0. The highest BCUT2D eigenvalue weighted by Crippen LogP contribution is 2.39. The number of carbonyl (C=O) groups is 2. The highest BCUT2D eigenvalue weighted by Gasteiger charge is 2.28. The summed E-state index contributed by atoms with van der Waals surface area (Å²) in [7, 11) is 0. The summed E-state index contributed by atoms with van der Waals surface area (Å²) < 4.78 is 11.0. The fourth-order valence-corrected chi connectivity index (χ4v) is 5.40. The van der Waals surface area contributed by atoms with Crippen molar-refractivity contribution in [3.63, 3.8) is 0 Å². The lowest BCUT2D eigenvalue weighted by Gasteiger charge is -2.09. The molecule has 1 aromatic carbocycles. The number of anilines is 1. The topological polar surface area (TPSA) is 102 Å². The predicted octanol–water partition coefficient (Wildman–Crippen LogP) is 5.08. The van der Waals surface area contributed by atoms with Crippen LogP contribution in [0.1, 0.15) is 49.1 Å². The van der Waals surface area contributed by atoms with Crippen LogP contribution in [0.5, 0.6) is 0 Å². The van der Waals surface area contributed by atoms with E-state index in [1.54, 1.807) is 31.4 Å². The molecule has 2 N–H and O–H groups in total. The number of amides is 2. The second-order valence-corrected chi connectivity index (χ2v) is 9.36. The van der Waals surface area contributed by atoms with Crippen LogP contribution in [0.3, 0.4) is 0 Å². The summed E-state index contributed by atoms with van der Waals surface area (Å²) in [5, 5.41) is 6.83. The summed E-state index contributed by atoms with van der Waals surface area (Å²) in [6.07, 6.45) is 4.15. The van der Waals surface area contributed by atoms with E-state index in [0.717, 1.165) is 41.3 Å². The van der Waals surface area contributed by atoms with E-state index in [4.69, 9.17) is 20.4 Å². The maximum Gasteiger partial charge on any atom is 0.292 e. The molecular formula is C24H19ClN2O5S. The minimum atomic E-state index is -0.596. The predicted molar refractivity (Wildman–Crippen MR) is 126 cm³/mol. The molecule has 33 heavy (non-hydrogen) atoms. The minimum absolute atomic E-state index is 0.135. The van der Waals surface area contributed by atoms with Crippen molar-refractivity contribution in [1.82, 2.24) is 5.32 Å². The number of hydrogen-bond acceptors (Lipinski definition) is 6. The van der Waals surface area contributed by atoms with Crippen LogP contribution in [0.2, 0.25) is 5.02 Å². The number of nitrogens with one attached hydrogen (secondary N) is 2. The number of carbonyl (C=O) groups excluding carboxylic acids is 2. The number of halogens is 1. The molecule has 3 heterocycles. The van der Waals surface area contributed by atoms with Gasteiger partial charge in [-0.3, -0.25) is 14.4 Å². The Labute approximate surface area is 197 Å². The van der Waals surface area contributed by atoms with E-state index in [-0.39, 0.29) is 29.2 Å². The average Bonchev–Trinajstić information content (AvgIpc) is 3.51. The molecule has 0 bridgehead atoms. The first-order valence-electron chi connectivity index (χ1n) is 10.4. The molecule has 0 aliphatic heterocycles. The minimum Gasteiger partial charge on any atom is -0.467 e. The molecule has 0 unspecified atom stereocenters. The van der Waals surface area contributed by atoms with Gasteiger partial charge in [0.2, 0.25) is 0 Å². The van der Waals surface area contributed by atoms with Gasteiger partial charge in [-0.1, -0.05) is 11.6 Å². The molecule has 3 aromatic heterocycles. The molecular weight excluding hydrogens is 464 g/mol. The molecule has 7 nitrogen and oxygen atoms in total. The van der Waals surface area contributed by atoms with Crippen molar-refractivity contribution in [1.29, 1.82) is 0 Å². The van der Waals surface area contributed by atoms with Crippen molar-refractivity contribution in [3.8, 4) is 0 Å². The molecule has 0 spiro atoms. The van der Waals surface area contributed by atoms with Crippen LogP contribution in [0.25, 0.3) is 11.0 Å². The van der Waals surface area contributed by atoms with Gasteiger partial charge in [-0.05, 0) is 61.6 Å². The first-order valence-corrected chi connectivity index (χ1v) is 11.6. The summed E-state index contributed by atoms with van der Waals surface area (Å²) in [5.41, 5.74) is 2.05. The Morgan fingerprint density at radius 3 is 2.82 bits per heavy atom. The van der Waals surface area contributed by atoms with Gasteiger partial charge in [0.15, 0.2) is 11.2 Å². The summed E-state index contributed by atoms with van der Waals surface area (Å²) in [6, 6.07) is 7.83. The molecule has 0 saturated heterocycles. The van der Waals surface area contributed by atoms with Crippen LogP contribution in [-0.2, 0) is 19.4 Å². The van der Waals surface area contributed by atoms with Gasteiger partial charge < -0.3 is 19.5 Å². The van der Waals surface area contributed by atoms with Crippen LogP contribution < -0.4 is 16.1 Å². The van der Waals surface area contributed by atoms with E-state index in [0.29, 0.717) is 26.7 Å². The zero-order valence-corrected chi connectivity index (χ0v) is 19.2. The first-order chi connectivity index (χ1) is 15.9. The zero-order chi connectivity index (χ0) is 23.1. The Balaban J connectivity index is 1.44. The normalized spacial score (nSPS) is 12.7. The highest BCUT2D eigenvalue weighted by molar-refractivity contribution is 7.17. The molecule has 1 aliphatic rings. The molecule has 168 valence electrons. The SMILES string of the molecule is Cc1cc2oc(C(=O)Nc3sc4c(c3C(=O)NCc3ccco3)CCC4)cc(=O)c2cc1Cl. The van der Waals surface area contributed by atoms with Crippen LogP contribution >= 0.6 is 22.9 Å². The van der Waals surface area contributed by atoms with Crippen LogP contribution in [0, 0.1) is 6.92 Å². The summed E-state index contributed by atoms with van der Waals surface area (Å²) in [6.45, 7) is 2.03. The van der Waals surface area contributed by atoms with Gasteiger partial charge in [0.1, 0.15) is 16.3 Å². The molecule has 4 aromatic rings. The van der Waals surface area contributed by atoms with Crippen molar-refractivity contribution in [2.75, 3.05) is 5.32 Å². The molecule has 0 saturated carbocycles. The van der Waals surface area contributed by atoms with E-state index in [1.807, 2.05) is 0 Å². The molecule has 9 heteroatoms. The fraction of sp³-hybridized carbons (Fsp3) is 0.208. The number of thiophene rings is 1. The smallest absolute Gasteiger partial charge is 0.292 e. The maximum absolute atomic E-state index is 13.0. The van der Waals surface area contributed by atoms with Crippen LogP contribution in [0.4, 0.5) is 5.00 Å². The van der Waals surface area contributed by atoms with Gasteiger partial charge in [0.25, 0.3) is 11.8 Å². The van der Waals surface area contributed by atoms with Crippen LogP contribution in [0.15, 0.2) is 50.2 Å². The van der Waals surface area contributed by atoms with Gasteiger partial charge in [0.05, 0.1) is 23.8 Å². The third-order valence-electron chi connectivity index (χ3n) is 5.61. The molecule has 0 radical (unpaired) electrons. The molecule has 0 fully saturated rings. The lowest BCUT2D eigenvalue weighted by atomic mass is 10.1. The molecule has 0 atom stereocenters. The molecule has 2 amide bonds. The van der Waals surface area contributed by atoms with Crippen molar-refractivity contribution in [2.24, 2.45) is 0 Å². The number of aryl methyl sites for hydroxylation is 2. The van der Waals surface area contributed by atoms with Crippen molar-refractivity contribution in [3.05, 3.63) is 84.9 Å². The van der Waals surface area contributed by atoms with Gasteiger partial charge in [-0.15, -0.1) is 11.3 Å². The van der Waals surface area contributed by atoms with E-state index < -0.39 is 5.91 Å². The van der Waals surface area contributed by atoms with E-state index in [9.17, 15) is 14.4 Å². The van der Waals surface area contributed by atoms with Gasteiger partial charge in [-0.25, -0.2) is 0 Å². The Hall–Kier alpha value is -3.36. The highest BCUT2D eigenvalue weighted by atomic mass is 35.5. The first kappa shape index (κ1) is 21.5. The fourth-order valence-electron chi connectivity index (χ4n) is 3.95. The third-order valence-corrected chi connectivity index (χ3v) is 7.23. The van der Waals surface area contributed by atoms with E-state index in [1.165, 1.54) is 17.4 Å². The Morgan fingerprint density at radius 1 is 1.18 bits per heavy atom. The van der Waals surface area contributed by atoms with Gasteiger partial charge in [-0.2, -0.15) is 0 Å². The number of benzene rings is 1. The Morgan fingerprint density at radius 2 is 2.03 bits per heavy atom. The standard InChI is InChI=1S/C24H19ClN2O5S/c1-12-8-18-15(9-16(12)25)17(28)10-19(32-18)22(29)27-24-21(14-5-2-6-20(14)33-24)23(30)26-11-13-4-3-7-31-13/h3-4,7-10H,2,5-6,11H2,1H3,(H,26,30)(H,27,29). The van der Waals surface area contributed by atoms with Crippen molar-refractivity contribution < 1.29 is 18.4 Å². The van der Waals surface area contributed by atoms with E-state index >= 15 is 0 Å². The average molecular weight is 483 g/mol. The Bertz CT molecular complexity index is 1450. The monoisotopic (exact) mass is 482 g/mol. The van der Waals surface area contributed by atoms with Gasteiger partial charge in [0, 0.05) is 16.0 Å². The van der Waals surface area contributed by atoms with Crippen molar-refractivity contribution in [2.45, 2.75) is 32.7 Å². The third kappa shape index (κ3) is 4.07. The number of hydrogen-bond donors (Lipinski definition) is 2. The van der Waals surface area contributed by atoms with Crippen LogP contribution in [-0.4, -0.2) is 11.8 Å². The number of furan rings is 1. The molecule has 1 aliphatic carbocycles. The summed E-state index contributed by atoms with van der Waals surface area (Å²) in [5.74, 6) is -0.383. The quantitative estimate of drug-likeness (QED) is 0.413. The van der Waals surface area contributed by atoms with Crippen molar-refractivity contribution >= 4 is 50.7 Å². The summed E-state index contributed by atoms with van der Waals surface area (Å²) in [4.78, 5) is 39.6. The number of rotatable bonds is 5. The lowest BCUT2D eigenvalue weighted by molar-refractivity contribution is 0.0948. The zero-order valence-electron chi connectivity index (χ0n) is 17.6. The Kier molecular flexibility index (Phi) is 5.55. The lowest BCUT2D eigenvalue weighted by Crippen LogP contribution is -2.25. The van der Waals surface area contributed by atoms with E-state index in [2.05, 4.69) is 10.6 Å².